The second-order valence-electron chi connectivity index (χ2n) is 11.4. The minimum Gasteiger partial charge on any atom is -0.350 e. The van der Waals surface area contributed by atoms with E-state index in [2.05, 4.69) is 63.2 Å². The van der Waals surface area contributed by atoms with Gasteiger partial charge in [0, 0.05) is 24.5 Å². The van der Waals surface area contributed by atoms with E-state index >= 15 is 0 Å². The largest absolute Gasteiger partial charge is 0.350 e. The number of nitrogens with one attached hydrogen (secondary N) is 2. The van der Waals surface area contributed by atoms with Crippen molar-refractivity contribution in [1.82, 2.24) is 15.6 Å². The van der Waals surface area contributed by atoms with Gasteiger partial charge in [0.15, 0.2) is 0 Å². The van der Waals surface area contributed by atoms with Crippen molar-refractivity contribution in [3.05, 3.63) is 65.0 Å². The lowest BCUT2D eigenvalue weighted by molar-refractivity contribution is -0.128. The number of amides is 2. The predicted octanol–water partition coefficient (Wildman–Crippen LogP) is 5.43. The Morgan fingerprint density at radius 3 is 2.06 bits per heavy atom. The number of carbonyl (C=O) groups excluding carboxylic acids is 2. The molecule has 1 aliphatic rings. The zero-order valence-electron chi connectivity index (χ0n) is 21.0. The van der Waals surface area contributed by atoms with Crippen molar-refractivity contribution in [3.63, 3.8) is 0 Å². The molecule has 0 bridgehead atoms. The van der Waals surface area contributed by atoms with Crippen molar-refractivity contribution < 1.29 is 9.59 Å². The van der Waals surface area contributed by atoms with Crippen molar-refractivity contribution in [1.29, 1.82) is 0 Å². The summed E-state index contributed by atoms with van der Waals surface area (Å²) < 4.78 is 0. The van der Waals surface area contributed by atoms with Gasteiger partial charge in [0.05, 0.1) is 0 Å². The van der Waals surface area contributed by atoms with Crippen LogP contribution < -0.4 is 10.6 Å². The average molecular weight is 450 g/mol. The molecule has 178 valence electrons. The minimum atomic E-state index is -0.878. The molecule has 1 heterocycles. The van der Waals surface area contributed by atoms with Crippen LogP contribution in [0.3, 0.4) is 0 Å². The zero-order valence-corrected chi connectivity index (χ0v) is 21.0. The van der Waals surface area contributed by atoms with Gasteiger partial charge in [-0.05, 0) is 58.6 Å². The van der Waals surface area contributed by atoms with Crippen LogP contribution in [0.25, 0.3) is 0 Å². The number of rotatable bonds is 5. The molecule has 1 aromatic carbocycles. The van der Waals surface area contributed by atoms with Gasteiger partial charge in [0.2, 0.25) is 5.91 Å². The first kappa shape index (κ1) is 24.9. The molecule has 0 aliphatic heterocycles. The van der Waals surface area contributed by atoms with E-state index in [1.807, 2.05) is 24.3 Å². The van der Waals surface area contributed by atoms with Gasteiger partial charge >= 0.3 is 0 Å². The van der Waals surface area contributed by atoms with Crippen molar-refractivity contribution >= 4 is 11.8 Å². The van der Waals surface area contributed by atoms with Crippen LogP contribution in [0.15, 0.2) is 42.7 Å². The molecule has 1 fully saturated rings. The molecular formula is C28H39N3O2. The van der Waals surface area contributed by atoms with Gasteiger partial charge in [-0.25, -0.2) is 0 Å². The molecule has 1 aliphatic carbocycles. The minimum absolute atomic E-state index is 0.0834. The fourth-order valence-corrected chi connectivity index (χ4v) is 4.33. The number of benzene rings is 1. The molecule has 2 N–H and O–H groups in total. The van der Waals surface area contributed by atoms with Crippen LogP contribution in [0, 0.1) is 0 Å². The first-order valence-corrected chi connectivity index (χ1v) is 12.1. The van der Waals surface area contributed by atoms with Crippen LogP contribution in [0.4, 0.5) is 0 Å². The Balaban J connectivity index is 1.87. The number of pyridine rings is 1. The highest BCUT2D eigenvalue weighted by Crippen LogP contribution is 2.32. The third kappa shape index (κ3) is 6.21. The lowest BCUT2D eigenvalue weighted by Crippen LogP contribution is -2.59. The van der Waals surface area contributed by atoms with Gasteiger partial charge in [-0.15, -0.1) is 0 Å². The molecule has 33 heavy (non-hydrogen) atoms. The van der Waals surface area contributed by atoms with Crippen molar-refractivity contribution in [3.8, 4) is 0 Å². The van der Waals surface area contributed by atoms with E-state index < -0.39 is 5.54 Å². The number of aromatic nitrogens is 1. The van der Waals surface area contributed by atoms with Crippen molar-refractivity contribution in [2.75, 3.05) is 0 Å². The summed E-state index contributed by atoms with van der Waals surface area (Å²) in [6.07, 6.45) is 7.71. The molecule has 2 aromatic rings. The standard InChI is InChI=1S/C28H39N3O2/c1-26(2,3)22-15-21(16-23(17-22)27(4,5)6)24(32)31-28(12-8-7-9-13-28)25(33)30-19-20-11-10-14-29-18-20/h10-11,14-18H,7-9,12-13,19H2,1-6H3,(H,30,33)(H,31,32). The number of hydrogen-bond donors (Lipinski definition) is 2. The summed E-state index contributed by atoms with van der Waals surface area (Å²) in [4.78, 5) is 31.0. The fraction of sp³-hybridized carbons (Fsp3) is 0.536. The maximum Gasteiger partial charge on any atom is 0.252 e. The topological polar surface area (TPSA) is 71.1 Å². The van der Waals surface area contributed by atoms with E-state index in [1.165, 1.54) is 0 Å². The number of carbonyl (C=O) groups is 2. The molecule has 2 amide bonds. The maximum absolute atomic E-state index is 13.6. The Bertz CT molecular complexity index is 946. The lowest BCUT2D eigenvalue weighted by atomic mass is 9.78. The monoisotopic (exact) mass is 449 g/mol. The van der Waals surface area contributed by atoms with Crippen LogP contribution in [-0.4, -0.2) is 22.3 Å². The molecule has 0 spiro atoms. The van der Waals surface area contributed by atoms with Crippen LogP contribution in [0.5, 0.6) is 0 Å². The predicted molar refractivity (Wildman–Crippen MR) is 133 cm³/mol. The zero-order chi connectivity index (χ0) is 24.3. The Labute approximate surface area is 198 Å². The second kappa shape index (κ2) is 9.66. The van der Waals surface area contributed by atoms with Crippen LogP contribution in [0.2, 0.25) is 0 Å². The summed E-state index contributed by atoms with van der Waals surface area (Å²) in [5.41, 5.74) is 2.77. The third-order valence-corrected chi connectivity index (χ3v) is 6.60. The molecule has 1 saturated carbocycles. The highest BCUT2D eigenvalue weighted by atomic mass is 16.2. The van der Waals surface area contributed by atoms with Crippen molar-refractivity contribution in [2.24, 2.45) is 0 Å². The lowest BCUT2D eigenvalue weighted by Gasteiger charge is -2.37. The van der Waals surface area contributed by atoms with E-state index in [-0.39, 0.29) is 22.6 Å². The highest BCUT2D eigenvalue weighted by molar-refractivity contribution is 5.99. The van der Waals surface area contributed by atoms with Crippen molar-refractivity contribution in [2.45, 2.75) is 96.6 Å². The normalized spacial score (nSPS) is 16.2. The quantitative estimate of drug-likeness (QED) is 0.640. The van der Waals surface area contributed by atoms with Gasteiger partial charge in [-0.1, -0.05) is 72.9 Å². The summed E-state index contributed by atoms with van der Waals surface area (Å²) in [7, 11) is 0. The second-order valence-corrected chi connectivity index (χ2v) is 11.4. The average Bonchev–Trinajstić information content (AvgIpc) is 2.77. The third-order valence-electron chi connectivity index (χ3n) is 6.60. The van der Waals surface area contributed by atoms with Gasteiger partial charge in [0.25, 0.3) is 5.91 Å². The van der Waals surface area contributed by atoms with E-state index in [9.17, 15) is 9.59 Å². The molecule has 5 heteroatoms. The molecule has 0 atom stereocenters. The van der Waals surface area contributed by atoms with E-state index in [0.29, 0.717) is 24.9 Å². The smallest absolute Gasteiger partial charge is 0.252 e. The molecule has 5 nitrogen and oxygen atoms in total. The summed E-state index contributed by atoms with van der Waals surface area (Å²) in [6, 6.07) is 9.96. The highest BCUT2D eigenvalue weighted by Gasteiger charge is 2.41. The van der Waals surface area contributed by atoms with Crippen LogP contribution >= 0.6 is 0 Å². The Kier molecular flexibility index (Phi) is 7.30. The van der Waals surface area contributed by atoms with Gasteiger partial charge < -0.3 is 10.6 Å². The van der Waals surface area contributed by atoms with E-state index in [0.717, 1.165) is 36.0 Å². The van der Waals surface area contributed by atoms with Gasteiger partial charge in [-0.3, -0.25) is 14.6 Å². The molecule has 3 rings (SSSR count). The van der Waals surface area contributed by atoms with E-state index in [4.69, 9.17) is 0 Å². The van der Waals surface area contributed by atoms with E-state index in [1.54, 1.807) is 12.4 Å². The summed E-state index contributed by atoms with van der Waals surface area (Å²) >= 11 is 0. The Morgan fingerprint density at radius 2 is 1.55 bits per heavy atom. The number of hydrogen-bond acceptors (Lipinski definition) is 3. The summed E-state index contributed by atoms with van der Waals surface area (Å²) in [5, 5.41) is 6.22. The SMILES string of the molecule is CC(C)(C)c1cc(C(=O)NC2(C(=O)NCc3cccnc3)CCCCC2)cc(C(C)(C)C)c1. The molecule has 0 saturated heterocycles. The fourth-order valence-electron chi connectivity index (χ4n) is 4.33. The summed E-state index contributed by atoms with van der Waals surface area (Å²) in [5.74, 6) is -0.285. The maximum atomic E-state index is 13.6. The van der Waals surface area contributed by atoms with Crippen LogP contribution in [-0.2, 0) is 22.2 Å². The molecule has 0 unspecified atom stereocenters. The molecule has 1 aromatic heterocycles. The van der Waals surface area contributed by atoms with Gasteiger partial charge in [-0.2, -0.15) is 0 Å². The molecule has 0 radical (unpaired) electrons. The first-order chi connectivity index (χ1) is 15.4. The van der Waals surface area contributed by atoms with Gasteiger partial charge in [0.1, 0.15) is 5.54 Å². The summed E-state index contributed by atoms with van der Waals surface area (Å²) in [6.45, 7) is 13.3. The Morgan fingerprint density at radius 1 is 0.939 bits per heavy atom. The molecular weight excluding hydrogens is 410 g/mol. The van der Waals surface area contributed by atoms with Crippen LogP contribution in [0.1, 0.15) is 101 Å². The first-order valence-electron chi connectivity index (χ1n) is 12.1. The Hall–Kier alpha value is -2.69. The number of nitrogens with zero attached hydrogens (tertiary/aromatic N) is 1.